The third-order valence-corrected chi connectivity index (χ3v) is 6.68. The van der Waals surface area contributed by atoms with Crippen molar-refractivity contribution in [1.29, 1.82) is 0 Å². The van der Waals surface area contributed by atoms with E-state index < -0.39 is 0 Å². The number of hydrogen-bond donors (Lipinski definition) is 1. The first-order valence-corrected chi connectivity index (χ1v) is 12.5. The van der Waals surface area contributed by atoms with E-state index in [1.165, 1.54) is 16.7 Å². The zero-order chi connectivity index (χ0) is 24.1. The standard InChI is InChI=1S/C28H33ClN4O/c1-19(2)17-30-27(34)24-18-31-28(32-25(24)15-12-21-8-5-4-7-20(21)3)33-16-6-9-26(33)22-10-13-23(29)14-11-22/h4-5,7-8,10-11,13-14,18-19,26H,6,9,12,15-17H2,1-3H3,(H,30,34)/t26-/m0/s1. The largest absolute Gasteiger partial charge is 0.352 e. The second-order valence-corrected chi connectivity index (χ2v) is 9.90. The van der Waals surface area contributed by atoms with Crippen molar-refractivity contribution in [2.24, 2.45) is 5.92 Å². The van der Waals surface area contributed by atoms with Gasteiger partial charge in [0.05, 0.1) is 17.3 Å². The Labute approximate surface area is 207 Å². The summed E-state index contributed by atoms with van der Waals surface area (Å²) in [6, 6.07) is 16.6. The van der Waals surface area contributed by atoms with E-state index >= 15 is 0 Å². The molecule has 1 N–H and O–H groups in total. The number of rotatable bonds is 8. The van der Waals surface area contributed by atoms with E-state index in [4.69, 9.17) is 16.6 Å². The third-order valence-electron chi connectivity index (χ3n) is 6.43. The molecule has 1 atom stereocenters. The Morgan fingerprint density at radius 2 is 1.91 bits per heavy atom. The minimum atomic E-state index is -0.101. The molecule has 6 heteroatoms. The highest BCUT2D eigenvalue weighted by atomic mass is 35.5. The summed E-state index contributed by atoms with van der Waals surface area (Å²) >= 11 is 6.10. The van der Waals surface area contributed by atoms with Gasteiger partial charge in [-0.05, 0) is 67.3 Å². The molecule has 0 unspecified atom stereocenters. The van der Waals surface area contributed by atoms with Gasteiger partial charge in [0.1, 0.15) is 0 Å². The van der Waals surface area contributed by atoms with Crippen molar-refractivity contribution in [2.45, 2.75) is 52.5 Å². The van der Waals surface area contributed by atoms with Crippen molar-refractivity contribution >= 4 is 23.5 Å². The normalized spacial score (nSPS) is 15.7. The summed E-state index contributed by atoms with van der Waals surface area (Å²) in [6.45, 7) is 7.82. The minimum Gasteiger partial charge on any atom is -0.352 e. The third kappa shape index (κ3) is 5.76. The summed E-state index contributed by atoms with van der Waals surface area (Å²) in [6.07, 6.45) is 5.34. The highest BCUT2D eigenvalue weighted by Crippen LogP contribution is 2.35. The number of anilines is 1. The predicted molar refractivity (Wildman–Crippen MR) is 139 cm³/mol. The van der Waals surface area contributed by atoms with Crippen molar-refractivity contribution in [3.63, 3.8) is 0 Å². The monoisotopic (exact) mass is 476 g/mol. The van der Waals surface area contributed by atoms with E-state index in [1.54, 1.807) is 6.20 Å². The van der Waals surface area contributed by atoms with Crippen LogP contribution in [-0.2, 0) is 12.8 Å². The minimum absolute atomic E-state index is 0.101. The number of carbonyl (C=O) groups is 1. The maximum absolute atomic E-state index is 13.0. The molecular formula is C28H33ClN4O. The fourth-order valence-electron chi connectivity index (χ4n) is 4.50. The number of nitrogens with one attached hydrogen (secondary N) is 1. The van der Waals surface area contributed by atoms with E-state index in [0.717, 1.165) is 36.5 Å². The predicted octanol–water partition coefficient (Wildman–Crippen LogP) is 5.95. The molecule has 178 valence electrons. The Hall–Kier alpha value is -2.92. The lowest BCUT2D eigenvalue weighted by Gasteiger charge is -2.26. The summed E-state index contributed by atoms with van der Waals surface area (Å²) in [7, 11) is 0. The molecule has 0 spiro atoms. The first-order chi connectivity index (χ1) is 16.4. The molecule has 1 fully saturated rings. The molecule has 0 aliphatic carbocycles. The summed E-state index contributed by atoms with van der Waals surface area (Å²) < 4.78 is 0. The summed E-state index contributed by atoms with van der Waals surface area (Å²) in [5.74, 6) is 0.970. The first kappa shape index (κ1) is 24.2. The van der Waals surface area contributed by atoms with Crippen molar-refractivity contribution < 1.29 is 4.79 Å². The summed E-state index contributed by atoms with van der Waals surface area (Å²) in [5.41, 5.74) is 5.11. The van der Waals surface area contributed by atoms with Gasteiger partial charge in [0.25, 0.3) is 5.91 Å². The van der Waals surface area contributed by atoms with Gasteiger partial charge in [0.15, 0.2) is 0 Å². The van der Waals surface area contributed by atoms with Gasteiger partial charge < -0.3 is 10.2 Å². The topological polar surface area (TPSA) is 58.1 Å². The van der Waals surface area contributed by atoms with Crippen molar-refractivity contribution in [3.8, 4) is 0 Å². The van der Waals surface area contributed by atoms with Gasteiger partial charge in [-0.2, -0.15) is 0 Å². The maximum Gasteiger partial charge on any atom is 0.254 e. The number of aromatic nitrogens is 2. The number of carbonyl (C=O) groups excluding carboxylic acids is 1. The highest BCUT2D eigenvalue weighted by molar-refractivity contribution is 6.30. The van der Waals surface area contributed by atoms with Gasteiger partial charge in [0, 0.05) is 24.3 Å². The Kier molecular flexibility index (Phi) is 7.84. The van der Waals surface area contributed by atoms with Gasteiger partial charge in [0.2, 0.25) is 5.95 Å². The molecule has 1 aliphatic rings. The molecule has 2 aromatic carbocycles. The van der Waals surface area contributed by atoms with Crippen LogP contribution < -0.4 is 10.2 Å². The van der Waals surface area contributed by atoms with E-state index in [0.29, 0.717) is 30.4 Å². The van der Waals surface area contributed by atoms with Crippen molar-refractivity contribution in [2.75, 3.05) is 18.0 Å². The number of halogens is 1. The number of amides is 1. The molecule has 3 aromatic rings. The van der Waals surface area contributed by atoms with Gasteiger partial charge in [-0.25, -0.2) is 9.97 Å². The van der Waals surface area contributed by atoms with E-state index in [2.05, 4.69) is 72.4 Å². The molecule has 1 saturated heterocycles. The lowest BCUT2D eigenvalue weighted by molar-refractivity contribution is 0.0947. The summed E-state index contributed by atoms with van der Waals surface area (Å²) in [4.78, 5) is 24.9. The van der Waals surface area contributed by atoms with E-state index in [1.807, 2.05) is 12.1 Å². The number of aryl methyl sites for hydroxylation is 3. The lowest BCUT2D eigenvalue weighted by atomic mass is 10.0. The van der Waals surface area contributed by atoms with Crippen LogP contribution in [0.4, 0.5) is 5.95 Å². The summed E-state index contributed by atoms with van der Waals surface area (Å²) in [5, 5.41) is 3.77. The Bertz CT molecular complexity index is 1130. The Balaban J connectivity index is 1.63. The Morgan fingerprint density at radius 1 is 1.15 bits per heavy atom. The van der Waals surface area contributed by atoms with Crippen LogP contribution >= 0.6 is 11.6 Å². The number of nitrogens with zero attached hydrogens (tertiary/aromatic N) is 3. The zero-order valence-electron chi connectivity index (χ0n) is 20.2. The fourth-order valence-corrected chi connectivity index (χ4v) is 4.62. The zero-order valence-corrected chi connectivity index (χ0v) is 21.0. The van der Waals surface area contributed by atoms with Crippen LogP contribution in [0.3, 0.4) is 0 Å². The molecule has 1 aliphatic heterocycles. The highest BCUT2D eigenvalue weighted by Gasteiger charge is 2.29. The van der Waals surface area contributed by atoms with Crippen LogP contribution in [0, 0.1) is 12.8 Å². The van der Waals surface area contributed by atoms with Gasteiger partial charge in [-0.15, -0.1) is 0 Å². The first-order valence-electron chi connectivity index (χ1n) is 12.1. The van der Waals surface area contributed by atoms with Crippen LogP contribution in [0.2, 0.25) is 5.02 Å². The quantitative estimate of drug-likeness (QED) is 0.436. The molecule has 1 amide bonds. The van der Waals surface area contributed by atoms with Crippen LogP contribution in [-0.4, -0.2) is 29.0 Å². The Morgan fingerprint density at radius 3 is 2.65 bits per heavy atom. The molecule has 1 aromatic heterocycles. The van der Waals surface area contributed by atoms with Crippen LogP contribution in [0.5, 0.6) is 0 Å². The lowest BCUT2D eigenvalue weighted by Crippen LogP contribution is -2.30. The molecule has 0 radical (unpaired) electrons. The average Bonchev–Trinajstić information content (AvgIpc) is 3.32. The van der Waals surface area contributed by atoms with Gasteiger partial charge in [-0.1, -0.05) is 61.8 Å². The molecule has 5 nitrogen and oxygen atoms in total. The van der Waals surface area contributed by atoms with Gasteiger partial charge >= 0.3 is 0 Å². The molecule has 4 rings (SSSR count). The number of benzene rings is 2. The number of hydrogen-bond acceptors (Lipinski definition) is 4. The smallest absolute Gasteiger partial charge is 0.254 e. The second kappa shape index (κ2) is 11.0. The molecule has 2 heterocycles. The van der Waals surface area contributed by atoms with Crippen LogP contribution in [0.15, 0.2) is 54.7 Å². The molecular weight excluding hydrogens is 444 g/mol. The van der Waals surface area contributed by atoms with Crippen LogP contribution in [0.1, 0.15) is 65.5 Å². The van der Waals surface area contributed by atoms with Crippen molar-refractivity contribution in [3.05, 3.63) is 87.7 Å². The van der Waals surface area contributed by atoms with Crippen LogP contribution in [0.25, 0.3) is 0 Å². The second-order valence-electron chi connectivity index (χ2n) is 9.46. The average molecular weight is 477 g/mol. The van der Waals surface area contributed by atoms with E-state index in [-0.39, 0.29) is 11.9 Å². The van der Waals surface area contributed by atoms with Gasteiger partial charge in [-0.3, -0.25) is 4.79 Å². The maximum atomic E-state index is 13.0. The molecule has 0 bridgehead atoms. The fraction of sp³-hybridized carbons (Fsp3) is 0.393. The SMILES string of the molecule is Cc1ccccc1CCc1nc(N2CCC[C@H]2c2ccc(Cl)cc2)ncc1C(=O)NCC(C)C. The molecule has 34 heavy (non-hydrogen) atoms. The van der Waals surface area contributed by atoms with Crippen molar-refractivity contribution in [1.82, 2.24) is 15.3 Å². The molecule has 0 saturated carbocycles. The van der Waals surface area contributed by atoms with E-state index in [9.17, 15) is 4.79 Å².